The SMILES string of the molecule is O=C(N1CCN(c2cccnc2)CC1)[C@@]1(c2ccccc2)CC12CCCC2. The number of piperazine rings is 1. The Kier molecular flexibility index (Phi) is 3.96. The molecule has 1 aromatic carbocycles. The van der Waals surface area contributed by atoms with Crippen LogP contribution in [0.25, 0.3) is 0 Å². The maximum absolute atomic E-state index is 13.8. The van der Waals surface area contributed by atoms with Crippen LogP contribution in [0.3, 0.4) is 0 Å². The average molecular weight is 361 g/mol. The number of rotatable bonds is 3. The smallest absolute Gasteiger partial charge is 0.233 e. The van der Waals surface area contributed by atoms with Crippen molar-refractivity contribution in [1.29, 1.82) is 0 Å². The summed E-state index contributed by atoms with van der Waals surface area (Å²) in [6.45, 7) is 3.38. The van der Waals surface area contributed by atoms with Gasteiger partial charge in [0.05, 0.1) is 17.3 Å². The third-order valence-electron chi connectivity index (χ3n) is 7.15. The number of benzene rings is 1. The molecule has 0 radical (unpaired) electrons. The summed E-state index contributed by atoms with van der Waals surface area (Å²) < 4.78 is 0. The predicted octanol–water partition coefficient (Wildman–Crippen LogP) is 3.63. The molecule has 4 heteroatoms. The van der Waals surface area contributed by atoms with E-state index in [1.165, 1.54) is 31.2 Å². The van der Waals surface area contributed by atoms with Crippen LogP contribution < -0.4 is 4.90 Å². The van der Waals surface area contributed by atoms with Crippen molar-refractivity contribution in [3.8, 4) is 0 Å². The number of carbonyl (C=O) groups excluding carboxylic acids is 1. The minimum absolute atomic E-state index is 0.228. The molecule has 0 N–H and O–H groups in total. The Balaban J connectivity index is 1.36. The van der Waals surface area contributed by atoms with Gasteiger partial charge in [-0.05, 0) is 42.4 Å². The molecule has 3 fully saturated rings. The summed E-state index contributed by atoms with van der Waals surface area (Å²) in [5, 5.41) is 0. The molecule has 5 rings (SSSR count). The standard InChI is InChI=1S/C23H27N3O/c27-21(26-15-13-25(14-16-26)20-9-6-12-24-17-20)23(19-7-2-1-3-8-19)18-22(23)10-4-5-11-22/h1-3,6-9,12,17H,4-5,10-11,13-16,18H2/t23-/m0/s1. The van der Waals surface area contributed by atoms with Crippen molar-refractivity contribution in [3.63, 3.8) is 0 Å². The lowest BCUT2D eigenvalue weighted by Gasteiger charge is -2.38. The van der Waals surface area contributed by atoms with Gasteiger partial charge in [0.15, 0.2) is 0 Å². The molecular weight excluding hydrogens is 334 g/mol. The Hall–Kier alpha value is -2.36. The summed E-state index contributed by atoms with van der Waals surface area (Å²) in [5.41, 5.74) is 2.36. The molecule has 1 saturated heterocycles. The number of anilines is 1. The minimum Gasteiger partial charge on any atom is -0.367 e. The van der Waals surface area contributed by atoms with Crippen LogP contribution in [0.5, 0.6) is 0 Å². The summed E-state index contributed by atoms with van der Waals surface area (Å²) in [4.78, 5) is 22.5. The molecule has 0 unspecified atom stereocenters. The second kappa shape index (κ2) is 6.36. The molecular formula is C23H27N3O. The van der Waals surface area contributed by atoms with E-state index in [0.717, 1.165) is 38.3 Å². The van der Waals surface area contributed by atoms with Crippen LogP contribution in [0, 0.1) is 5.41 Å². The molecule has 2 saturated carbocycles. The first kappa shape index (κ1) is 16.8. The van der Waals surface area contributed by atoms with Crippen LogP contribution in [0.1, 0.15) is 37.7 Å². The monoisotopic (exact) mass is 361 g/mol. The Labute approximate surface area is 161 Å². The fourth-order valence-electron chi connectivity index (χ4n) is 5.65. The second-order valence-corrected chi connectivity index (χ2v) is 8.43. The molecule has 1 aliphatic heterocycles. The Morgan fingerprint density at radius 2 is 1.67 bits per heavy atom. The third kappa shape index (κ3) is 2.57. The van der Waals surface area contributed by atoms with Crippen molar-refractivity contribution in [2.45, 2.75) is 37.5 Å². The molecule has 140 valence electrons. The summed E-state index contributed by atoms with van der Waals surface area (Å²) in [5.74, 6) is 0.376. The normalized spacial score (nSPS) is 26.4. The van der Waals surface area contributed by atoms with Crippen molar-refractivity contribution >= 4 is 11.6 Å². The third-order valence-corrected chi connectivity index (χ3v) is 7.15. The van der Waals surface area contributed by atoms with E-state index in [1.807, 2.05) is 12.3 Å². The van der Waals surface area contributed by atoms with Gasteiger partial charge in [-0.25, -0.2) is 0 Å². The molecule has 2 aliphatic carbocycles. The zero-order valence-electron chi connectivity index (χ0n) is 15.8. The van der Waals surface area contributed by atoms with E-state index < -0.39 is 0 Å². The minimum atomic E-state index is -0.263. The van der Waals surface area contributed by atoms with Crippen molar-refractivity contribution in [3.05, 3.63) is 60.4 Å². The highest BCUT2D eigenvalue weighted by molar-refractivity contribution is 5.93. The molecule has 2 heterocycles. The van der Waals surface area contributed by atoms with E-state index in [-0.39, 0.29) is 10.8 Å². The molecule has 1 aromatic heterocycles. The van der Waals surface area contributed by atoms with Gasteiger partial charge in [0.25, 0.3) is 0 Å². The molecule has 1 amide bonds. The van der Waals surface area contributed by atoms with Gasteiger partial charge >= 0.3 is 0 Å². The van der Waals surface area contributed by atoms with Crippen LogP contribution in [0.2, 0.25) is 0 Å². The van der Waals surface area contributed by atoms with Crippen LogP contribution in [0.15, 0.2) is 54.9 Å². The topological polar surface area (TPSA) is 36.4 Å². The first-order valence-electron chi connectivity index (χ1n) is 10.3. The van der Waals surface area contributed by atoms with Gasteiger partial charge < -0.3 is 9.80 Å². The fraction of sp³-hybridized carbons (Fsp3) is 0.478. The number of aromatic nitrogens is 1. The van der Waals surface area contributed by atoms with Crippen LogP contribution in [0.4, 0.5) is 5.69 Å². The van der Waals surface area contributed by atoms with E-state index >= 15 is 0 Å². The highest BCUT2D eigenvalue weighted by Gasteiger charge is 2.73. The highest BCUT2D eigenvalue weighted by Crippen LogP contribution is 2.72. The van der Waals surface area contributed by atoms with E-state index in [4.69, 9.17) is 0 Å². The van der Waals surface area contributed by atoms with E-state index in [9.17, 15) is 4.79 Å². The molecule has 27 heavy (non-hydrogen) atoms. The highest BCUT2D eigenvalue weighted by atomic mass is 16.2. The first-order chi connectivity index (χ1) is 13.3. The van der Waals surface area contributed by atoms with Crippen molar-refractivity contribution in [2.24, 2.45) is 5.41 Å². The Morgan fingerprint density at radius 3 is 2.33 bits per heavy atom. The van der Waals surface area contributed by atoms with Gasteiger partial charge in [-0.2, -0.15) is 0 Å². The molecule has 4 nitrogen and oxygen atoms in total. The molecule has 1 atom stereocenters. The molecule has 2 aromatic rings. The molecule has 1 spiro atoms. The van der Waals surface area contributed by atoms with Gasteiger partial charge in [0, 0.05) is 32.4 Å². The number of amides is 1. The second-order valence-electron chi connectivity index (χ2n) is 8.43. The zero-order chi connectivity index (χ0) is 18.3. The number of nitrogens with zero attached hydrogens (tertiary/aromatic N) is 3. The van der Waals surface area contributed by atoms with Crippen molar-refractivity contribution in [1.82, 2.24) is 9.88 Å². The van der Waals surface area contributed by atoms with Crippen LogP contribution in [-0.2, 0) is 10.2 Å². The molecule has 0 bridgehead atoms. The van der Waals surface area contributed by atoms with E-state index in [0.29, 0.717) is 5.91 Å². The Bertz CT molecular complexity index is 808. The maximum Gasteiger partial charge on any atom is 0.233 e. The van der Waals surface area contributed by atoms with Gasteiger partial charge in [-0.3, -0.25) is 9.78 Å². The van der Waals surface area contributed by atoms with E-state index in [1.54, 1.807) is 6.20 Å². The first-order valence-corrected chi connectivity index (χ1v) is 10.3. The van der Waals surface area contributed by atoms with Gasteiger partial charge in [-0.15, -0.1) is 0 Å². The fourth-order valence-corrected chi connectivity index (χ4v) is 5.65. The number of carbonyl (C=O) groups is 1. The predicted molar refractivity (Wildman–Crippen MR) is 107 cm³/mol. The van der Waals surface area contributed by atoms with Crippen LogP contribution >= 0.6 is 0 Å². The Morgan fingerprint density at radius 1 is 0.926 bits per heavy atom. The van der Waals surface area contributed by atoms with Crippen molar-refractivity contribution < 1.29 is 4.79 Å². The average Bonchev–Trinajstić information content (AvgIpc) is 3.15. The maximum atomic E-state index is 13.8. The van der Waals surface area contributed by atoms with Gasteiger partial charge in [-0.1, -0.05) is 43.2 Å². The van der Waals surface area contributed by atoms with Gasteiger partial charge in [0.2, 0.25) is 5.91 Å². The summed E-state index contributed by atoms with van der Waals surface area (Å²) in [6, 6.07) is 14.7. The quantitative estimate of drug-likeness (QED) is 0.838. The van der Waals surface area contributed by atoms with Gasteiger partial charge in [0.1, 0.15) is 0 Å². The summed E-state index contributed by atoms with van der Waals surface area (Å²) in [7, 11) is 0. The van der Waals surface area contributed by atoms with Crippen LogP contribution in [-0.4, -0.2) is 42.0 Å². The summed E-state index contributed by atoms with van der Waals surface area (Å²) >= 11 is 0. The lowest BCUT2D eigenvalue weighted by atomic mass is 9.83. The lowest BCUT2D eigenvalue weighted by Crippen LogP contribution is -2.52. The lowest BCUT2D eigenvalue weighted by molar-refractivity contribution is -0.135. The largest absolute Gasteiger partial charge is 0.367 e. The van der Waals surface area contributed by atoms with E-state index in [2.05, 4.69) is 51.2 Å². The number of hydrogen-bond acceptors (Lipinski definition) is 3. The zero-order valence-corrected chi connectivity index (χ0v) is 15.8. The number of hydrogen-bond donors (Lipinski definition) is 0. The summed E-state index contributed by atoms with van der Waals surface area (Å²) in [6.07, 6.45) is 9.74. The van der Waals surface area contributed by atoms with Crippen molar-refractivity contribution in [2.75, 3.05) is 31.1 Å². The number of pyridine rings is 1. The molecule has 3 aliphatic rings.